The van der Waals surface area contributed by atoms with E-state index in [1.807, 2.05) is 30.3 Å². The number of aromatic amines is 1. The molecule has 0 spiro atoms. The van der Waals surface area contributed by atoms with Gasteiger partial charge in [0, 0.05) is 60.7 Å². The maximum atomic E-state index is 12.6. The molecule has 0 unspecified atom stereocenters. The van der Waals surface area contributed by atoms with Gasteiger partial charge in [-0.2, -0.15) is 5.10 Å². The zero-order chi connectivity index (χ0) is 22.9. The van der Waals surface area contributed by atoms with E-state index < -0.39 is 0 Å². The minimum Gasteiger partial charge on any atom is -0.369 e. The largest absolute Gasteiger partial charge is 0.369 e. The van der Waals surface area contributed by atoms with Crippen LogP contribution in [-0.4, -0.2) is 53.7 Å². The number of H-pyrrole nitrogens is 1. The summed E-state index contributed by atoms with van der Waals surface area (Å²) in [5.74, 6) is 0.0250. The minimum atomic E-state index is 0.0250. The third-order valence-electron chi connectivity index (χ3n) is 6.82. The second-order valence-electron chi connectivity index (χ2n) is 8.98. The van der Waals surface area contributed by atoms with Gasteiger partial charge >= 0.3 is 0 Å². The fourth-order valence-electron chi connectivity index (χ4n) is 5.03. The van der Waals surface area contributed by atoms with Crippen molar-refractivity contribution in [3.05, 3.63) is 90.0 Å². The Labute approximate surface area is 199 Å². The van der Waals surface area contributed by atoms with Gasteiger partial charge in [-0.25, -0.2) is 0 Å². The van der Waals surface area contributed by atoms with Gasteiger partial charge in [0.2, 0.25) is 5.91 Å². The molecule has 3 aromatic carbocycles. The van der Waals surface area contributed by atoms with Gasteiger partial charge in [0.25, 0.3) is 0 Å². The molecule has 34 heavy (non-hydrogen) atoms. The number of anilines is 2. The Balaban J connectivity index is 1.05. The Bertz CT molecular complexity index is 1300. The molecule has 2 heterocycles. The zero-order valence-corrected chi connectivity index (χ0v) is 19.0. The summed E-state index contributed by atoms with van der Waals surface area (Å²) in [5.41, 5.74) is 9.04. The lowest BCUT2D eigenvalue weighted by Crippen LogP contribution is -2.48. The molecule has 6 rings (SSSR count). The van der Waals surface area contributed by atoms with Crippen LogP contribution in [0.5, 0.6) is 0 Å². The molecule has 170 valence electrons. The van der Waals surface area contributed by atoms with Crippen LogP contribution in [0, 0.1) is 0 Å². The zero-order valence-electron chi connectivity index (χ0n) is 19.0. The molecule has 1 fully saturated rings. The number of rotatable bonds is 5. The van der Waals surface area contributed by atoms with E-state index in [1.165, 1.54) is 22.4 Å². The number of carbonyl (C=O) groups excluding carboxylic acids is 1. The number of nitrogens with zero attached hydrogens (tertiary/aromatic N) is 3. The van der Waals surface area contributed by atoms with Crippen molar-refractivity contribution >= 4 is 17.3 Å². The van der Waals surface area contributed by atoms with Gasteiger partial charge in [-0.15, -0.1) is 0 Å². The van der Waals surface area contributed by atoms with Gasteiger partial charge < -0.3 is 10.2 Å². The average Bonchev–Trinajstić information content (AvgIpc) is 3.45. The maximum absolute atomic E-state index is 12.6. The van der Waals surface area contributed by atoms with E-state index in [1.54, 1.807) is 0 Å². The van der Waals surface area contributed by atoms with Crippen LogP contribution in [0.4, 0.5) is 11.4 Å². The standard InChI is InChI=1S/C28H27N5O/c34-26(19-32-14-16-33(17-15-32)23-7-2-1-3-8-23)29-22-12-10-20(11-13-22)27-25-18-21-6-4-5-9-24(21)28(25)31-30-27/h1-13H,14-19H2,(H,29,34)(H,30,31). The molecule has 0 atom stereocenters. The topological polar surface area (TPSA) is 64.3 Å². The Hall–Kier alpha value is -3.90. The van der Waals surface area contributed by atoms with Crippen molar-refractivity contribution in [1.82, 2.24) is 15.1 Å². The van der Waals surface area contributed by atoms with Crippen LogP contribution >= 0.6 is 0 Å². The van der Waals surface area contributed by atoms with E-state index in [2.05, 4.69) is 73.8 Å². The van der Waals surface area contributed by atoms with Gasteiger partial charge in [0.05, 0.1) is 17.9 Å². The molecule has 0 bridgehead atoms. The predicted molar refractivity (Wildman–Crippen MR) is 136 cm³/mol. The summed E-state index contributed by atoms with van der Waals surface area (Å²) in [7, 11) is 0. The molecular formula is C28H27N5O. The second kappa shape index (κ2) is 8.80. The van der Waals surface area contributed by atoms with Crippen molar-refractivity contribution in [2.24, 2.45) is 0 Å². The Morgan fingerprint density at radius 2 is 1.62 bits per heavy atom. The Kier molecular flexibility index (Phi) is 5.35. The molecule has 6 heteroatoms. The molecule has 0 radical (unpaired) electrons. The molecule has 1 saturated heterocycles. The maximum Gasteiger partial charge on any atom is 0.238 e. The summed E-state index contributed by atoms with van der Waals surface area (Å²) >= 11 is 0. The molecule has 1 aliphatic heterocycles. The van der Waals surface area contributed by atoms with Gasteiger partial charge in [0.1, 0.15) is 0 Å². The normalized spacial score (nSPS) is 15.1. The highest BCUT2D eigenvalue weighted by Crippen LogP contribution is 2.39. The minimum absolute atomic E-state index is 0.0250. The van der Waals surface area contributed by atoms with Crippen LogP contribution in [0.25, 0.3) is 22.5 Å². The number of amides is 1. The van der Waals surface area contributed by atoms with E-state index in [4.69, 9.17) is 0 Å². The van der Waals surface area contributed by atoms with Gasteiger partial charge in [-0.05, 0) is 29.8 Å². The van der Waals surface area contributed by atoms with Crippen molar-refractivity contribution in [2.75, 3.05) is 42.9 Å². The highest BCUT2D eigenvalue weighted by molar-refractivity contribution is 5.92. The molecule has 2 N–H and O–H groups in total. The Morgan fingerprint density at radius 3 is 2.41 bits per heavy atom. The van der Waals surface area contributed by atoms with Crippen molar-refractivity contribution in [3.63, 3.8) is 0 Å². The number of carbonyl (C=O) groups is 1. The number of aromatic nitrogens is 2. The van der Waals surface area contributed by atoms with Crippen LogP contribution in [0.15, 0.2) is 78.9 Å². The first-order valence-electron chi connectivity index (χ1n) is 11.8. The molecule has 1 amide bonds. The molecule has 6 nitrogen and oxygen atoms in total. The lowest BCUT2D eigenvalue weighted by Gasteiger charge is -2.35. The first-order chi connectivity index (χ1) is 16.7. The fraction of sp³-hybridized carbons (Fsp3) is 0.214. The van der Waals surface area contributed by atoms with E-state index in [0.717, 1.165) is 55.2 Å². The summed E-state index contributed by atoms with van der Waals surface area (Å²) in [5, 5.41) is 10.8. The van der Waals surface area contributed by atoms with Crippen LogP contribution < -0.4 is 10.2 Å². The lowest BCUT2D eigenvalue weighted by molar-refractivity contribution is -0.117. The first-order valence-corrected chi connectivity index (χ1v) is 11.8. The van der Waals surface area contributed by atoms with E-state index in [-0.39, 0.29) is 5.91 Å². The van der Waals surface area contributed by atoms with Gasteiger partial charge in [0.15, 0.2) is 0 Å². The monoisotopic (exact) mass is 449 g/mol. The number of hydrogen-bond acceptors (Lipinski definition) is 4. The van der Waals surface area contributed by atoms with Crippen molar-refractivity contribution in [2.45, 2.75) is 6.42 Å². The van der Waals surface area contributed by atoms with Gasteiger partial charge in [-0.1, -0.05) is 54.6 Å². The number of fused-ring (bicyclic) bond motifs is 3. The third kappa shape index (κ3) is 3.97. The quantitative estimate of drug-likeness (QED) is 0.417. The SMILES string of the molecule is O=C(CN1CCN(c2ccccc2)CC1)Nc1ccc(-c2n[nH]c3c2Cc2ccccc2-3)cc1. The molecular weight excluding hydrogens is 422 g/mol. The number of benzene rings is 3. The lowest BCUT2D eigenvalue weighted by atomic mass is 10.1. The summed E-state index contributed by atoms with van der Waals surface area (Å²) in [4.78, 5) is 17.2. The highest BCUT2D eigenvalue weighted by atomic mass is 16.2. The number of hydrogen-bond donors (Lipinski definition) is 2. The summed E-state index contributed by atoms with van der Waals surface area (Å²) < 4.78 is 0. The van der Waals surface area contributed by atoms with Crippen LogP contribution in [0.1, 0.15) is 11.1 Å². The van der Waals surface area contributed by atoms with Crippen molar-refractivity contribution < 1.29 is 4.79 Å². The van der Waals surface area contributed by atoms with Crippen LogP contribution in [0.3, 0.4) is 0 Å². The highest BCUT2D eigenvalue weighted by Gasteiger charge is 2.24. The average molecular weight is 450 g/mol. The second-order valence-corrected chi connectivity index (χ2v) is 8.98. The predicted octanol–water partition coefficient (Wildman–Crippen LogP) is 4.41. The van der Waals surface area contributed by atoms with E-state index in [0.29, 0.717) is 6.54 Å². The molecule has 2 aliphatic rings. The summed E-state index contributed by atoms with van der Waals surface area (Å²) in [6.45, 7) is 4.05. The molecule has 4 aromatic rings. The number of para-hydroxylation sites is 1. The molecule has 1 aliphatic carbocycles. The third-order valence-corrected chi connectivity index (χ3v) is 6.82. The van der Waals surface area contributed by atoms with E-state index in [9.17, 15) is 4.79 Å². The number of piperazine rings is 1. The van der Waals surface area contributed by atoms with Gasteiger partial charge in [-0.3, -0.25) is 14.8 Å². The van der Waals surface area contributed by atoms with Crippen LogP contribution in [0.2, 0.25) is 0 Å². The molecule has 0 saturated carbocycles. The smallest absolute Gasteiger partial charge is 0.238 e. The van der Waals surface area contributed by atoms with Crippen molar-refractivity contribution in [3.8, 4) is 22.5 Å². The van der Waals surface area contributed by atoms with Crippen molar-refractivity contribution in [1.29, 1.82) is 0 Å². The fourth-order valence-corrected chi connectivity index (χ4v) is 5.03. The Morgan fingerprint density at radius 1 is 0.882 bits per heavy atom. The summed E-state index contributed by atoms with van der Waals surface area (Å²) in [6.07, 6.45) is 0.896. The number of nitrogens with one attached hydrogen (secondary N) is 2. The summed E-state index contributed by atoms with van der Waals surface area (Å²) in [6, 6.07) is 26.9. The first kappa shape index (κ1) is 20.7. The molecule has 1 aromatic heterocycles. The van der Waals surface area contributed by atoms with E-state index >= 15 is 0 Å². The van der Waals surface area contributed by atoms with Crippen LogP contribution in [-0.2, 0) is 11.2 Å².